The van der Waals surface area contributed by atoms with Crippen LogP contribution in [-0.2, 0) is 11.2 Å². The number of benzene rings is 3. The van der Waals surface area contributed by atoms with Gasteiger partial charge in [-0.15, -0.1) is 6.58 Å². The standard InChI is InChI=1S/C28H28N2O6/c1-4-6-20-9-16-25(26(17-20)33-3)35-19-27(31)30-29-18-21-7-12-24(13-8-21)36-28(32)22-10-14-23(15-11-22)34-5-2/h4,7-18H,1,5-6,19H2,2-3H3,(H,30,31). The smallest absolute Gasteiger partial charge is 0.343 e. The first-order valence-corrected chi connectivity index (χ1v) is 11.3. The van der Waals surface area contributed by atoms with E-state index in [1.54, 1.807) is 60.7 Å². The maximum atomic E-state index is 12.3. The average molecular weight is 489 g/mol. The van der Waals surface area contributed by atoms with E-state index >= 15 is 0 Å². The number of amides is 1. The fraction of sp³-hybridized carbons (Fsp3) is 0.179. The molecule has 0 unspecified atom stereocenters. The molecule has 0 saturated heterocycles. The number of carbonyl (C=O) groups is 2. The van der Waals surface area contributed by atoms with Gasteiger partial charge in [0.2, 0.25) is 0 Å². The van der Waals surface area contributed by atoms with Crippen molar-refractivity contribution in [3.8, 4) is 23.0 Å². The molecule has 0 saturated carbocycles. The van der Waals surface area contributed by atoms with Gasteiger partial charge in [-0.05, 0) is 85.1 Å². The van der Waals surface area contributed by atoms with Gasteiger partial charge >= 0.3 is 5.97 Å². The van der Waals surface area contributed by atoms with Gasteiger partial charge in [0, 0.05) is 0 Å². The van der Waals surface area contributed by atoms with Crippen molar-refractivity contribution in [2.24, 2.45) is 5.10 Å². The molecule has 3 rings (SSSR count). The number of ether oxygens (including phenoxy) is 4. The van der Waals surface area contributed by atoms with Crippen LogP contribution in [-0.4, -0.2) is 38.4 Å². The number of hydrazone groups is 1. The molecule has 0 bridgehead atoms. The van der Waals surface area contributed by atoms with Gasteiger partial charge in [0.25, 0.3) is 5.91 Å². The van der Waals surface area contributed by atoms with E-state index in [0.717, 1.165) is 5.56 Å². The van der Waals surface area contributed by atoms with Gasteiger partial charge < -0.3 is 18.9 Å². The van der Waals surface area contributed by atoms with Gasteiger partial charge in [0.15, 0.2) is 18.1 Å². The van der Waals surface area contributed by atoms with Gasteiger partial charge in [0.05, 0.1) is 25.5 Å². The molecule has 8 heteroatoms. The summed E-state index contributed by atoms with van der Waals surface area (Å²) in [5.41, 5.74) is 4.56. The van der Waals surface area contributed by atoms with E-state index in [0.29, 0.717) is 47.2 Å². The summed E-state index contributed by atoms with van der Waals surface area (Å²) in [5, 5.41) is 3.93. The monoisotopic (exact) mass is 488 g/mol. The van der Waals surface area contributed by atoms with Crippen molar-refractivity contribution in [2.75, 3.05) is 20.3 Å². The Morgan fingerprint density at radius 1 is 0.944 bits per heavy atom. The van der Waals surface area contributed by atoms with Crippen molar-refractivity contribution in [1.82, 2.24) is 5.43 Å². The minimum atomic E-state index is -0.473. The second-order valence-electron chi connectivity index (χ2n) is 7.48. The van der Waals surface area contributed by atoms with Crippen LogP contribution >= 0.6 is 0 Å². The Kier molecular flexibility index (Phi) is 9.64. The number of allylic oxidation sites excluding steroid dienone is 1. The van der Waals surface area contributed by atoms with E-state index in [9.17, 15) is 9.59 Å². The number of rotatable bonds is 12. The molecule has 186 valence electrons. The van der Waals surface area contributed by atoms with Crippen molar-refractivity contribution in [1.29, 1.82) is 0 Å². The Labute approximate surface area is 210 Å². The highest BCUT2D eigenvalue weighted by Crippen LogP contribution is 2.28. The zero-order valence-electron chi connectivity index (χ0n) is 20.2. The number of esters is 1. The second-order valence-corrected chi connectivity index (χ2v) is 7.48. The summed E-state index contributed by atoms with van der Waals surface area (Å²) < 4.78 is 21.6. The largest absolute Gasteiger partial charge is 0.494 e. The summed E-state index contributed by atoms with van der Waals surface area (Å²) >= 11 is 0. The molecule has 0 aliphatic carbocycles. The fourth-order valence-corrected chi connectivity index (χ4v) is 3.12. The van der Waals surface area contributed by atoms with Crippen LogP contribution in [0.4, 0.5) is 0 Å². The summed E-state index contributed by atoms with van der Waals surface area (Å²) in [6, 6.07) is 18.9. The minimum absolute atomic E-state index is 0.227. The molecule has 0 aliphatic heterocycles. The molecule has 0 atom stereocenters. The van der Waals surface area contributed by atoms with Gasteiger partial charge in [-0.25, -0.2) is 10.2 Å². The van der Waals surface area contributed by atoms with Gasteiger partial charge in [-0.3, -0.25) is 4.79 Å². The highest BCUT2D eigenvalue weighted by Gasteiger charge is 2.10. The summed E-state index contributed by atoms with van der Waals surface area (Å²) in [6.07, 6.45) is 3.98. The first-order valence-electron chi connectivity index (χ1n) is 11.3. The normalized spacial score (nSPS) is 10.5. The number of methoxy groups -OCH3 is 1. The van der Waals surface area contributed by atoms with Crippen LogP contribution in [0.1, 0.15) is 28.4 Å². The molecule has 0 aliphatic rings. The summed E-state index contributed by atoms with van der Waals surface area (Å²) in [5.74, 6) is 1.17. The van der Waals surface area contributed by atoms with Crippen molar-refractivity contribution >= 4 is 18.1 Å². The predicted molar refractivity (Wildman–Crippen MR) is 137 cm³/mol. The maximum absolute atomic E-state index is 12.3. The van der Waals surface area contributed by atoms with Gasteiger partial charge in [-0.2, -0.15) is 5.10 Å². The third-order valence-corrected chi connectivity index (χ3v) is 4.86. The Bertz CT molecular complexity index is 1200. The van der Waals surface area contributed by atoms with Crippen LogP contribution in [0, 0.1) is 0 Å². The Morgan fingerprint density at radius 3 is 2.33 bits per heavy atom. The summed E-state index contributed by atoms with van der Waals surface area (Å²) in [4.78, 5) is 24.4. The Hall–Kier alpha value is -4.59. The molecule has 3 aromatic rings. The van der Waals surface area contributed by atoms with Crippen LogP contribution in [0.25, 0.3) is 0 Å². The lowest BCUT2D eigenvalue weighted by atomic mass is 10.1. The minimum Gasteiger partial charge on any atom is -0.494 e. The van der Waals surface area contributed by atoms with E-state index in [2.05, 4.69) is 17.1 Å². The summed E-state index contributed by atoms with van der Waals surface area (Å²) in [7, 11) is 1.54. The lowest BCUT2D eigenvalue weighted by Gasteiger charge is -2.11. The van der Waals surface area contributed by atoms with E-state index in [-0.39, 0.29) is 6.61 Å². The first-order chi connectivity index (χ1) is 17.5. The molecular weight excluding hydrogens is 460 g/mol. The van der Waals surface area contributed by atoms with Gasteiger partial charge in [0.1, 0.15) is 11.5 Å². The van der Waals surface area contributed by atoms with E-state index in [1.807, 2.05) is 19.1 Å². The molecule has 8 nitrogen and oxygen atoms in total. The molecule has 0 radical (unpaired) electrons. The van der Waals surface area contributed by atoms with Crippen LogP contribution in [0.2, 0.25) is 0 Å². The molecule has 1 amide bonds. The highest BCUT2D eigenvalue weighted by molar-refractivity contribution is 5.91. The van der Waals surface area contributed by atoms with E-state index in [4.69, 9.17) is 18.9 Å². The quantitative estimate of drug-likeness (QED) is 0.132. The Morgan fingerprint density at radius 2 is 1.67 bits per heavy atom. The topological polar surface area (TPSA) is 95.5 Å². The van der Waals surface area contributed by atoms with Crippen LogP contribution in [0.3, 0.4) is 0 Å². The third-order valence-electron chi connectivity index (χ3n) is 4.86. The number of nitrogens with one attached hydrogen (secondary N) is 1. The zero-order chi connectivity index (χ0) is 25.8. The molecule has 0 spiro atoms. The van der Waals surface area contributed by atoms with Crippen LogP contribution in [0.15, 0.2) is 84.5 Å². The number of nitrogens with zero attached hydrogens (tertiary/aromatic N) is 1. The lowest BCUT2D eigenvalue weighted by Crippen LogP contribution is -2.24. The lowest BCUT2D eigenvalue weighted by molar-refractivity contribution is -0.123. The molecule has 36 heavy (non-hydrogen) atoms. The number of hydrogen-bond acceptors (Lipinski definition) is 7. The average Bonchev–Trinajstić information content (AvgIpc) is 2.89. The molecule has 0 heterocycles. The zero-order valence-corrected chi connectivity index (χ0v) is 20.2. The van der Waals surface area contributed by atoms with E-state index < -0.39 is 11.9 Å². The fourth-order valence-electron chi connectivity index (χ4n) is 3.12. The molecule has 1 N–H and O–H groups in total. The van der Waals surface area contributed by atoms with Crippen molar-refractivity contribution in [2.45, 2.75) is 13.3 Å². The summed E-state index contributed by atoms with van der Waals surface area (Å²) in [6.45, 7) is 5.93. The highest BCUT2D eigenvalue weighted by atomic mass is 16.5. The maximum Gasteiger partial charge on any atom is 0.343 e. The predicted octanol–water partition coefficient (Wildman–Crippen LogP) is 4.57. The third kappa shape index (κ3) is 7.73. The van der Waals surface area contributed by atoms with Crippen LogP contribution < -0.4 is 24.4 Å². The van der Waals surface area contributed by atoms with Crippen molar-refractivity contribution in [3.05, 3.63) is 96.1 Å². The molecule has 3 aromatic carbocycles. The number of hydrogen-bond donors (Lipinski definition) is 1. The van der Waals surface area contributed by atoms with Crippen molar-refractivity contribution in [3.63, 3.8) is 0 Å². The van der Waals surface area contributed by atoms with E-state index in [1.165, 1.54) is 13.3 Å². The van der Waals surface area contributed by atoms with Crippen molar-refractivity contribution < 1.29 is 28.5 Å². The first kappa shape index (κ1) is 26.0. The number of carbonyl (C=O) groups excluding carboxylic acids is 2. The SMILES string of the molecule is C=CCc1ccc(OCC(=O)NN=Cc2ccc(OC(=O)c3ccc(OCC)cc3)cc2)c(OC)c1. The molecule has 0 aromatic heterocycles. The molecule has 0 fully saturated rings. The molecular formula is C28H28N2O6. The van der Waals surface area contributed by atoms with Gasteiger partial charge in [-0.1, -0.05) is 12.1 Å². The Balaban J connectivity index is 1.47. The second kappa shape index (κ2) is 13.3. The van der Waals surface area contributed by atoms with Crippen LogP contribution in [0.5, 0.6) is 23.0 Å².